The van der Waals surface area contributed by atoms with Crippen molar-refractivity contribution in [1.82, 2.24) is 15.0 Å². The van der Waals surface area contributed by atoms with Crippen LogP contribution in [0.2, 0.25) is 10.0 Å². The smallest absolute Gasteiger partial charge is 0.263 e. The minimum atomic E-state index is -0.689. The van der Waals surface area contributed by atoms with Crippen LogP contribution in [-0.2, 0) is 11.3 Å². The number of carbonyl (C=O) groups excluding carboxylic acids is 1. The van der Waals surface area contributed by atoms with Crippen molar-refractivity contribution in [3.63, 3.8) is 0 Å². The summed E-state index contributed by atoms with van der Waals surface area (Å²) in [5, 5.41) is 5.17. The van der Waals surface area contributed by atoms with Gasteiger partial charge in [0.05, 0.1) is 11.6 Å². The predicted octanol–water partition coefficient (Wildman–Crippen LogP) is 5.09. The summed E-state index contributed by atoms with van der Waals surface area (Å²) in [6, 6.07) is 10.8. The zero-order valence-corrected chi connectivity index (χ0v) is 18.1. The van der Waals surface area contributed by atoms with E-state index in [0.717, 1.165) is 11.1 Å². The molecule has 29 heavy (non-hydrogen) atoms. The van der Waals surface area contributed by atoms with E-state index in [1.54, 1.807) is 26.1 Å². The largest absolute Gasteiger partial charge is 0.481 e. The molecular weight excluding hydrogens is 413 g/mol. The lowest BCUT2D eigenvalue weighted by atomic mass is 10.1. The standard InChI is InChI=1S/C21H21Cl2N3O3/c1-12-9-15(10-13(2)19(12)23)28-14(3)21(27)26(4)11-18-24-20(25-29-18)16-7-5-6-8-17(16)22/h5-10,14H,11H2,1-4H3/t14-/m0/s1. The van der Waals surface area contributed by atoms with Gasteiger partial charge in [-0.3, -0.25) is 4.79 Å². The number of halogens is 2. The van der Waals surface area contributed by atoms with Gasteiger partial charge in [0.2, 0.25) is 11.7 Å². The van der Waals surface area contributed by atoms with E-state index in [2.05, 4.69) is 10.1 Å². The van der Waals surface area contributed by atoms with Crippen LogP contribution in [0.5, 0.6) is 5.75 Å². The van der Waals surface area contributed by atoms with Gasteiger partial charge in [0.1, 0.15) is 5.75 Å². The Morgan fingerprint density at radius 1 is 1.21 bits per heavy atom. The minimum absolute atomic E-state index is 0.155. The van der Waals surface area contributed by atoms with Crippen LogP contribution in [0.3, 0.4) is 0 Å². The van der Waals surface area contributed by atoms with E-state index in [1.165, 1.54) is 4.90 Å². The third-order valence-corrected chi connectivity index (χ3v) is 5.33. The van der Waals surface area contributed by atoms with Crippen molar-refractivity contribution >= 4 is 29.1 Å². The van der Waals surface area contributed by atoms with Crippen LogP contribution in [0.4, 0.5) is 0 Å². The first kappa shape index (κ1) is 21.1. The van der Waals surface area contributed by atoms with E-state index in [-0.39, 0.29) is 12.5 Å². The van der Waals surface area contributed by atoms with Crippen LogP contribution in [0.15, 0.2) is 40.9 Å². The molecule has 0 aliphatic heterocycles. The van der Waals surface area contributed by atoms with Crippen LogP contribution < -0.4 is 4.74 Å². The number of likely N-dealkylation sites (N-methyl/N-ethyl adjacent to an activating group) is 1. The molecule has 6 nitrogen and oxygen atoms in total. The molecule has 0 unspecified atom stereocenters. The molecule has 0 aliphatic carbocycles. The lowest BCUT2D eigenvalue weighted by Gasteiger charge is -2.21. The van der Waals surface area contributed by atoms with E-state index in [1.807, 2.05) is 38.1 Å². The van der Waals surface area contributed by atoms with Crippen LogP contribution in [0.1, 0.15) is 23.9 Å². The van der Waals surface area contributed by atoms with Crippen molar-refractivity contribution in [3.8, 4) is 17.1 Å². The molecule has 0 saturated heterocycles. The maximum atomic E-state index is 12.7. The molecule has 0 fully saturated rings. The van der Waals surface area contributed by atoms with Crippen LogP contribution >= 0.6 is 23.2 Å². The van der Waals surface area contributed by atoms with Gasteiger partial charge < -0.3 is 14.2 Å². The number of aryl methyl sites for hydroxylation is 2. The average molecular weight is 434 g/mol. The zero-order valence-electron chi connectivity index (χ0n) is 16.6. The van der Waals surface area contributed by atoms with Gasteiger partial charge in [0.15, 0.2) is 6.10 Å². The quantitative estimate of drug-likeness (QED) is 0.541. The summed E-state index contributed by atoms with van der Waals surface area (Å²) in [5.41, 5.74) is 2.46. The Morgan fingerprint density at radius 2 is 1.86 bits per heavy atom. The molecule has 0 aliphatic rings. The molecule has 8 heteroatoms. The lowest BCUT2D eigenvalue weighted by Crippen LogP contribution is -2.37. The Labute approximate surface area is 179 Å². The normalized spacial score (nSPS) is 11.9. The lowest BCUT2D eigenvalue weighted by molar-refractivity contribution is -0.137. The Bertz CT molecular complexity index is 1010. The molecule has 1 heterocycles. The number of rotatable bonds is 6. The maximum absolute atomic E-state index is 12.7. The number of carbonyl (C=O) groups is 1. The van der Waals surface area contributed by atoms with E-state index < -0.39 is 6.10 Å². The second-order valence-electron chi connectivity index (χ2n) is 6.82. The summed E-state index contributed by atoms with van der Waals surface area (Å²) in [7, 11) is 1.65. The van der Waals surface area contributed by atoms with Crippen LogP contribution in [-0.4, -0.2) is 34.1 Å². The van der Waals surface area contributed by atoms with Gasteiger partial charge in [0, 0.05) is 17.6 Å². The van der Waals surface area contributed by atoms with Crippen LogP contribution in [0, 0.1) is 13.8 Å². The summed E-state index contributed by atoms with van der Waals surface area (Å²) in [4.78, 5) is 18.5. The fraction of sp³-hybridized carbons (Fsp3) is 0.286. The number of nitrogens with zero attached hydrogens (tertiary/aromatic N) is 3. The molecule has 2 aromatic carbocycles. The van der Waals surface area contributed by atoms with E-state index >= 15 is 0 Å². The SMILES string of the molecule is Cc1cc(O[C@@H](C)C(=O)N(C)Cc2nc(-c3ccccc3Cl)no2)cc(C)c1Cl. The number of aromatic nitrogens is 2. The van der Waals surface area contributed by atoms with Crippen molar-refractivity contribution in [2.45, 2.75) is 33.4 Å². The fourth-order valence-electron chi connectivity index (χ4n) is 2.89. The number of amides is 1. The van der Waals surface area contributed by atoms with E-state index in [0.29, 0.717) is 33.1 Å². The Hall–Kier alpha value is -2.57. The third kappa shape index (κ3) is 4.89. The van der Waals surface area contributed by atoms with E-state index in [4.69, 9.17) is 32.5 Å². The third-order valence-electron chi connectivity index (χ3n) is 4.40. The summed E-state index contributed by atoms with van der Waals surface area (Å²) in [6.45, 7) is 5.64. The van der Waals surface area contributed by atoms with Crippen molar-refractivity contribution in [1.29, 1.82) is 0 Å². The Morgan fingerprint density at radius 3 is 2.52 bits per heavy atom. The van der Waals surface area contributed by atoms with Crippen molar-refractivity contribution < 1.29 is 14.1 Å². The molecule has 0 bridgehead atoms. The molecule has 0 radical (unpaired) electrons. The van der Waals surface area contributed by atoms with Gasteiger partial charge in [0.25, 0.3) is 5.91 Å². The summed E-state index contributed by atoms with van der Waals surface area (Å²) >= 11 is 12.3. The summed E-state index contributed by atoms with van der Waals surface area (Å²) in [6.07, 6.45) is -0.689. The van der Waals surface area contributed by atoms with Gasteiger partial charge in [-0.15, -0.1) is 0 Å². The fourth-order valence-corrected chi connectivity index (χ4v) is 3.22. The van der Waals surface area contributed by atoms with Gasteiger partial charge in [-0.2, -0.15) is 4.98 Å². The van der Waals surface area contributed by atoms with E-state index in [9.17, 15) is 4.79 Å². The monoisotopic (exact) mass is 433 g/mol. The van der Waals surface area contributed by atoms with Crippen molar-refractivity contribution in [2.75, 3.05) is 7.05 Å². The topological polar surface area (TPSA) is 68.5 Å². The van der Waals surface area contributed by atoms with Crippen LogP contribution in [0.25, 0.3) is 11.4 Å². The Balaban J connectivity index is 1.65. The molecule has 1 atom stereocenters. The van der Waals surface area contributed by atoms with Gasteiger partial charge in [-0.1, -0.05) is 40.5 Å². The molecular formula is C21H21Cl2N3O3. The molecule has 3 aromatic rings. The summed E-state index contributed by atoms with van der Waals surface area (Å²) in [5.74, 6) is 1.06. The first-order valence-corrected chi connectivity index (χ1v) is 9.77. The highest BCUT2D eigenvalue weighted by Crippen LogP contribution is 2.27. The van der Waals surface area contributed by atoms with Gasteiger partial charge in [-0.05, 0) is 56.2 Å². The molecule has 0 saturated carbocycles. The summed E-state index contributed by atoms with van der Waals surface area (Å²) < 4.78 is 11.1. The maximum Gasteiger partial charge on any atom is 0.263 e. The minimum Gasteiger partial charge on any atom is -0.481 e. The highest BCUT2D eigenvalue weighted by molar-refractivity contribution is 6.33. The molecule has 0 N–H and O–H groups in total. The number of hydrogen-bond donors (Lipinski definition) is 0. The molecule has 3 rings (SSSR count). The first-order chi connectivity index (χ1) is 13.8. The van der Waals surface area contributed by atoms with Gasteiger partial charge in [-0.25, -0.2) is 0 Å². The van der Waals surface area contributed by atoms with Crippen molar-refractivity contribution in [3.05, 3.63) is 63.5 Å². The van der Waals surface area contributed by atoms with Crippen molar-refractivity contribution in [2.24, 2.45) is 0 Å². The highest BCUT2D eigenvalue weighted by atomic mass is 35.5. The average Bonchev–Trinajstić information content (AvgIpc) is 3.13. The molecule has 152 valence electrons. The molecule has 0 spiro atoms. The number of ether oxygens (including phenoxy) is 1. The molecule has 1 amide bonds. The second-order valence-corrected chi connectivity index (χ2v) is 7.60. The number of hydrogen-bond acceptors (Lipinski definition) is 5. The Kier molecular flexibility index (Phi) is 6.45. The highest BCUT2D eigenvalue weighted by Gasteiger charge is 2.22. The zero-order chi connectivity index (χ0) is 21.1. The predicted molar refractivity (Wildman–Crippen MR) is 112 cm³/mol. The number of benzene rings is 2. The first-order valence-electron chi connectivity index (χ1n) is 9.02. The second kappa shape index (κ2) is 8.84. The molecule has 1 aromatic heterocycles. The van der Waals surface area contributed by atoms with Gasteiger partial charge >= 0.3 is 0 Å².